The topological polar surface area (TPSA) is 64.6 Å². The van der Waals surface area contributed by atoms with Crippen molar-refractivity contribution in [1.29, 1.82) is 0 Å². The molecule has 0 amide bonds. The first-order chi connectivity index (χ1) is 6.44. The second-order valence-corrected chi connectivity index (χ2v) is 3.56. The molecule has 14 heavy (non-hydrogen) atoms. The highest BCUT2D eigenvalue weighted by Gasteiger charge is 2.28. The van der Waals surface area contributed by atoms with E-state index in [1.165, 1.54) is 14.2 Å². The fourth-order valence-electron chi connectivity index (χ4n) is 0.898. The van der Waals surface area contributed by atoms with Crippen molar-refractivity contribution in [2.45, 2.75) is 13.8 Å². The molecule has 0 heterocycles. The summed E-state index contributed by atoms with van der Waals surface area (Å²) in [5, 5.41) is 2.82. The van der Waals surface area contributed by atoms with Crippen molar-refractivity contribution in [2.75, 3.05) is 27.3 Å². The lowest BCUT2D eigenvalue weighted by atomic mass is 9.94. The molecular weight excluding hydrogens is 186 g/mol. The minimum absolute atomic E-state index is 0.0942. The molecule has 82 valence electrons. The summed E-state index contributed by atoms with van der Waals surface area (Å²) >= 11 is 0. The molecule has 0 bridgehead atoms. The Hall–Kier alpha value is -1.10. The van der Waals surface area contributed by atoms with E-state index in [-0.39, 0.29) is 18.5 Å². The number of carbonyl (C=O) groups is 2. The summed E-state index contributed by atoms with van der Waals surface area (Å²) in [7, 11) is 2.65. The summed E-state index contributed by atoms with van der Waals surface area (Å²) in [6.45, 7) is 3.94. The van der Waals surface area contributed by atoms with Crippen molar-refractivity contribution in [3.8, 4) is 0 Å². The van der Waals surface area contributed by atoms with Crippen LogP contribution in [0.25, 0.3) is 0 Å². The van der Waals surface area contributed by atoms with Crippen molar-refractivity contribution in [2.24, 2.45) is 5.41 Å². The van der Waals surface area contributed by atoms with Gasteiger partial charge in [-0.25, -0.2) is 0 Å². The zero-order valence-electron chi connectivity index (χ0n) is 9.05. The molecule has 0 aromatic carbocycles. The molecule has 0 aliphatic heterocycles. The van der Waals surface area contributed by atoms with Crippen LogP contribution in [-0.2, 0) is 19.1 Å². The third kappa shape index (κ3) is 4.23. The van der Waals surface area contributed by atoms with Crippen LogP contribution in [0.2, 0.25) is 0 Å². The summed E-state index contributed by atoms with van der Waals surface area (Å²) in [5.41, 5.74) is -0.636. The van der Waals surface area contributed by atoms with Crippen LogP contribution < -0.4 is 5.32 Å². The number of hydrogen-bond acceptors (Lipinski definition) is 5. The number of ether oxygens (including phenoxy) is 2. The van der Waals surface area contributed by atoms with E-state index >= 15 is 0 Å². The highest BCUT2D eigenvalue weighted by Crippen LogP contribution is 2.14. The molecule has 0 saturated carbocycles. The quantitative estimate of drug-likeness (QED) is 0.634. The predicted octanol–water partition coefficient (Wildman–Crippen LogP) is -0.0518. The van der Waals surface area contributed by atoms with Gasteiger partial charge in [-0.15, -0.1) is 0 Å². The molecule has 5 heteroatoms. The lowest BCUT2D eigenvalue weighted by molar-refractivity contribution is -0.151. The largest absolute Gasteiger partial charge is 0.469 e. The van der Waals surface area contributed by atoms with E-state index in [0.29, 0.717) is 6.54 Å². The number of carbonyl (C=O) groups excluding carboxylic acids is 2. The second-order valence-electron chi connectivity index (χ2n) is 3.56. The predicted molar refractivity (Wildman–Crippen MR) is 50.7 cm³/mol. The lowest BCUT2D eigenvalue weighted by Gasteiger charge is -2.21. The van der Waals surface area contributed by atoms with Crippen LogP contribution in [0.5, 0.6) is 0 Å². The van der Waals surface area contributed by atoms with Crippen molar-refractivity contribution < 1.29 is 19.1 Å². The molecule has 0 aromatic rings. The molecule has 5 nitrogen and oxygen atoms in total. The molecule has 0 aliphatic rings. The minimum atomic E-state index is -0.636. The SMILES string of the molecule is COC(=O)CNCC(C)(C)C(=O)OC. The van der Waals surface area contributed by atoms with Gasteiger partial charge in [-0.2, -0.15) is 0 Å². The van der Waals surface area contributed by atoms with Gasteiger partial charge in [-0.05, 0) is 13.8 Å². The van der Waals surface area contributed by atoms with Gasteiger partial charge in [-0.3, -0.25) is 9.59 Å². The molecule has 0 unspecified atom stereocenters. The fourth-order valence-corrected chi connectivity index (χ4v) is 0.898. The Kier molecular flexibility index (Phi) is 5.15. The van der Waals surface area contributed by atoms with Gasteiger partial charge < -0.3 is 14.8 Å². The standard InChI is InChI=1S/C9H17NO4/c1-9(2,8(12)14-4)6-10-5-7(11)13-3/h10H,5-6H2,1-4H3. The molecule has 1 N–H and O–H groups in total. The Balaban J connectivity index is 3.88. The molecule has 0 spiro atoms. The summed E-state index contributed by atoms with van der Waals surface area (Å²) in [5.74, 6) is -0.666. The monoisotopic (exact) mass is 203 g/mol. The van der Waals surface area contributed by atoms with Crippen molar-refractivity contribution in [1.82, 2.24) is 5.32 Å². The Morgan fingerprint density at radius 3 is 2.21 bits per heavy atom. The van der Waals surface area contributed by atoms with E-state index in [0.717, 1.165) is 0 Å². The molecular formula is C9H17NO4. The zero-order valence-corrected chi connectivity index (χ0v) is 9.05. The third-order valence-electron chi connectivity index (χ3n) is 1.80. The van der Waals surface area contributed by atoms with Gasteiger partial charge in [0.1, 0.15) is 0 Å². The van der Waals surface area contributed by atoms with E-state index in [2.05, 4.69) is 14.8 Å². The second kappa shape index (κ2) is 5.59. The normalized spacial score (nSPS) is 10.9. The Labute approximate surface area is 83.8 Å². The average molecular weight is 203 g/mol. The molecule has 0 aliphatic carbocycles. The Morgan fingerprint density at radius 1 is 1.21 bits per heavy atom. The van der Waals surface area contributed by atoms with Gasteiger partial charge in [0.2, 0.25) is 0 Å². The van der Waals surface area contributed by atoms with Gasteiger partial charge >= 0.3 is 11.9 Å². The summed E-state index contributed by atoms with van der Waals surface area (Å²) in [6.07, 6.45) is 0. The van der Waals surface area contributed by atoms with Crippen molar-refractivity contribution in [3.63, 3.8) is 0 Å². The molecule has 0 atom stereocenters. The number of esters is 2. The van der Waals surface area contributed by atoms with Gasteiger partial charge in [-0.1, -0.05) is 0 Å². The van der Waals surface area contributed by atoms with Crippen LogP contribution in [0.4, 0.5) is 0 Å². The molecule has 0 rings (SSSR count). The van der Waals surface area contributed by atoms with Crippen LogP contribution >= 0.6 is 0 Å². The summed E-state index contributed by atoms with van der Waals surface area (Å²) in [4.78, 5) is 21.9. The van der Waals surface area contributed by atoms with Crippen molar-refractivity contribution in [3.05, 3.63) is 0 Å². The first-order valence-electron chi connectivity index (χ1n) is 4.30. The summed E-state index contributed by atoms with van der Waals surface area (Å²) < 4.78 is 9.04. The molecule has 0 radical (unpaired) electrons. The van der Waals surface area contributed by atoms with Gasteiger partial charge in [0, 0.05) is 6.54 Å². The first-order valence-corrected chi connectivity index (χ1v) is 4.30. The van der Waals surface area contributed by atoms with E-state index in [4.69, 9.17) is 0 Å². The van der Waals surface area contributed by atoms with Gasteiger partial charge in [0.25, 0.3) is 0 Å². The number of rotatable bonds is 5. The van der Waals surface area contributed by atoms with Crippen LogP contribution in [0, 0.1) is 5.41 Å². The first kappa shape index (κ1) is 12.9. The number of hydrogen-bond donors (Lipinski definition) is 1. The van der Waals surface area contributed by atoms with E-state index in [1.807, 2.05) is 0 Å². The fraction of sp³-hybridized carbons (Fsp3) is 0.778. The van der Waals surface area contributed by atoms with E-state index in [1.54, 1.807) is 13.8 Å². The van der Waals surface area contributed by atoms with E-state index < -0.39 is 5.41 Å². The zero-order chi connectivity index (χ0) is 11.2. The maximum Gasteiger partial charge on any atom is 0.319 e. The molecule has 0 aromatic heterocycles. The Morgan fingerprint density at radius 2 is 1.79 bits per heavy atom. The Bertz CT molecular complexity index is 213. The third-order valence-corrected chi connectivity index (χ3v) is 1.80. The van der Waals surface area contributed by atoms with E-state index in [9.17, 15) is 9.59 Å². The maximum absolute atomic E-state index is 11.2. The van der Waals surface area contributed by atoms with Crippen molar-refractivity contribution >= 4 is 11.9 Å². The maximum atomic E-state index is 11.2. The lowest BCUT2D eigenvalue weighted by Crippen LogP contribution is -2.39. The van der Waals surface area contributed by atoms with Crippen LogP contribution in [0.15, 0.2) is 0 Å². The molecule has 0 fully saturated rings. The van der Waals surface area contributed by atoms with Gasteiger partial charge in [0.05, 0.1) is 26.2 Å². The smallest absolute Gasteiger partial charge is 0.319 e. The summed E-state index contributed by atoms with van der Waals surface area (Å²) in [6, 6.07) is 0. The molecule has 0 saturated heterocycles. The van der Waals surface area contributed by atoms with Crippen LogP contribution in [0.1, 0.15) is 13.8 Å². The number of methoxy groups -OCH3 is 2. The van der Waals surface area contributed by atoms with Crippen LogP contribution in [0.3, 0.4) is 0 Å². The highest BCUT2D eigenvalue weighted by atomic mass is 16.5. The number of nitrogens with one attached hydrogen (secondary N) is 1. The average Bonchev–Trinajstić information content (AvgIpc) is 2.15. The van der Waals surface area contributed by atoms with Gasteiger partial charge in [0.15, 0.2) is 0 Å². The highest BCUT2D eigenvalue weighted by molar-refractivity contribution is 5.76. The van der Waals surface area contributed by atoms with Crippen LogP contribution in [-0.4, -0.2) is 39.2 Å². The minimum Gasteiger partial charge on any atom is -0.469 e.